The lowest BCUT2D eigenvalue weighted by atomic mass is 10.0. The predicted octanol–water partition coefficient (Wildman–Crippen LogP) is 0.795. The second-order valence-electron chi connectivity index (χ2n) is 4.15. The van der Waals surface area contributed by atoms with Crippen molar-refractivity contribution in [1.29, 1.82) is 0 Å². The van der Waals surface area contributed by atoms with Gasteiger partial charge >= 0.3 is 5.97 Å². The number of carboxylic acid groups (broad SMARTS) is 1. The van der Waals surface area contributed by atoms with Crippen molar-refractivity contribution in [1.82, 2.24) is 15.0 Å². The highest BCUT2D eigenvalue weighted by Crippen LogP contribution is 2.18. The number of nitrogens with zero attached hydrogens (tertiary/aromatic N) is 3. The van der Waals surface area contributed by atoms with Crippen LogP contribution in [0.1, 0.15) is 35.8 Å². The molecule has 88 valence electrons. The van der Waals surface area contributed by atoms with Crippen molar-refractivity contribution >= 4 is 5.97 Å². The Kier molecular flexibility index (Phi) is 3.19. The molecular formula is C10H15N3O3. The molecule has 0 aliphatic carbocycles. The van der Waals surface area contributed by atoms with Crippen LogP contribution in [-0.4, -0.2) is 45.8 Å². The number of carbonyl (C=O) groups is 1. The number of likely N-dealkylation sites (tertiary alicyclic amines) is 1. The molecule has 2 rings (SSSR count). The van der Waals surface area contributed by atoms with E-state index in [1.165, 1.54) is 12.8 Å². The minimum atomic E-state index is -1.15. The fourth-order valence-electron chi connectivity index (χ4n) is 2.03. The molecular weight excluding hydrogens is 210 g/mol. The standard InChI is InChI=1S/C10H15N3O3/c1-13-5-3-2-4-7(13)6-8-11-9(10(14)15)12-16-8/h7H,2-6H2,1H3,(H,14,15). The molecule has 6 heteroatoms. The zero-order chi connectivity index (χ0) is 11.5. The molecule has 6 nitrogen and oxygen atoms in total. The van der Waals surface area contributed by atoms with Crippen LogP contribution in [0.5, 0.6) is 0 Å². The van der Waals surface area contributed by atoms with E-state index in [0.29, 0.717) is 18.4 Å². The largest absolute Gasteiger partial charge is 0.475 e. The molecule has 1 saturated heterocycles. The summed E-state index contributed by atoms with van der Waals surface area (Å²) in [5.41, 5.74) is 0. The lowest BCUT2D eigenvalue weighted by Crippen LogP contribution is -2.37. The smallest absolute Gasteiger partial charge is 0.377 e. The summed E-state index contributed by atoms with van der Waals surface area (Å²) < 4.78 is 4.91. The minimum absolute atomic E-state index is 0.256. The molecule has 16 heavy (non-hydrogen) atoms. The van der Waals surface area contributed by atoms with E-state index in [-0.39, 0.29) is 5.82 Å². The fourth-order valence-corrected chi connectivity index (χ4v) is 2.03. The van der Waals surface area contributed by atoms with E-state index in [1.54, 1.807) is 0 Å². The maximum atomic E-state index is 10.6. The molecule has 1 aliphatic heterocycles. The van der Waals surface area contributed by atoms with Gasteiger partial charge in [-0.3, -0.25) is 0 Å². The summed E-state index contributed by atoms with van der Waals surface area (Å²) >= 11 is 0. The van der Waals surface area contributed by atoms with E-state index in [2.05, 4.69) is 22.1 Å². The van der Waals surface area contributed by atoms with Gasteiger partial charge in [0.1, 0.15) is 0 Å². The SMILES string of the molecule is CN1CCCCC1Cc1nc(C(=O)O)no1. The Morgan fingerprint density at radius 3 is 3.06 bits per heavy atom. The first-order valence-corrected chi connectivity index (χ1v) is 5.43. The summed E-state index contributed by atoms with van der Waals surface area (Å²) in [4.78, 5) is 16.7. The molecule has 2 heterocycles. The number of aromatic carboxylic acids is 1. The van der Waals surface area contributed by atoms with Gasteiger partial charge in [0.05, 0.1) is 0 Å². The van der Waals surface area contributed by atoms with Gasteiger partial charge in [0, 0.05) is 12.5 Å². The van der Waals surface area contributed by atoms with Crippen molar-refractivity contribution in [3.05, 3.63) is 11.7 Å². The Balaban J connectivity index is 1.99. The molecule has 1 fully saturated rings. The van der Waals surface area contributed by atoms with Gasteiger partial charge in [-0.1, -0.05) is 6.42 Å². The van der Waals surface area contributed by atoms with Crippen molar-refractivity contribution in [2.24, 2.45) is 0 Å². The van der Waals surface area contributed by atoms with Crippen molar-refractivity contribution in [3.8, 4) is 0 Å². The number of hydrogen-bond acceptors (Lipinski definition) is 5. The highest BCUT2D eigenvalue weighted by Gasteiger charge is 2.22. The van der Waals surface area contributed by atoms with Gasteiger partial charge in [0.15, 0.2) is 0 Å². The lowest BCUT2D eigenvalue weighted by Gasteiger charge is -2.31. The van der Waals surface area contributed by atoms with Crippen molar-refractivity contribution in [2.75, 3.05) is 13.6 Å². The maximum Gasteiger partial charge on any atom is 0.377 e. The monoisotopic (exact) mass is 225 g/mol. The second-order valence-corrected chi connectivity index (χ2v) is 4.15. The molecule has 1 aliphatic rings. The predicted molar refractivity (Wildman–Crippen MR) is 55.2 cm³/mol. The summed E-state index contributed by atoms with van der Waals surface area (Å²) in [5.74, 6) is -0.989. The number of carboxylic acids is 1. The third kappa shape index (κ3) is 2.38. The van der Waals surface area contributed by atoms with E-state index < -0.39 is 5.97 Å². The van der Waals surface area contributed by atoms with Gasteiger partial charge in [-0.15, -0.1) is 0 Å². The van der Waals surface area contributed by atoms with E-state index in [4.69, 9.17) is 9.63 Å². The van der Waals surface area contributed by atoms with Crippen LogP contribution >= 0.6 is 0 Å². The fraction of sp³-hybridized carbons (Fsp3) is 0.700. The van der Waals surface area contributed by atoms with E-state index in [1.807, 2.05) is 0 Å². The highest BCUT2D eigenvalue weighted by atomic mass is 16.5. The average molecular weight is 225 g/mol. The van der Waals surface area contributed by atoms with Gasteiger partial charge in [0.2, 0.25) is 5.89 Å². The van der Waals surface area contributed by atoms with Crippen LogP contribution in [0.2, 0.25) is 0 Å². The molecule has 1 aromatic rings. The first-order chi connectivity index (χ1) is 7.66. The molecule has 1 unspecified atom stereocenters. The van der Waals surface area contributed by atoms with Crippen LogP contribution in [-0.2, 0) is 6.42 Å². The minimum Gasteiger partial charge on any atom is -0.475 e. The molecule has 1 N–H and O–H groups in total. The second kappa shape index (κ2) is 4.61. The van der Waals surface area contributed by atoms with Crippen LogP contribution in [0.25, 0.3) is 0 Å². The van der Waals surface area contributed by atoms with Gasteiger partial charge < -0.3 is 14.5 Å². The molecule has 1 atom stereocenters. The van der Waals surface area contributed by atoms with Gasteiger partial charge in [-0.05, 0) is 31.6 Å². The third-order valence-corrected chi connectivity index (χ3v) is 2.99. The van der Waals surface area contributed by atoms with Crippen LogP contribution in [0.15, 0.2) is 4.52 Å². The lowest BCUT2D eigenvalue weighted by molar-refractivity contribution is 0.0680. The Bertz CT molecular complexity index is 377. The Labute approximate surface area is 93.2 Å². The zero-order valence-corrected chi connectivity index (χ0v) is 9.22. The van der Waals surface area contributed by atoms with Gasteiger partial charge in [-0.2, -0.15) is 4.98 Å². The number of piperidine rings is 1. The normalized spacial score (nSPS) is 22.2. The quantitative estimate of drug-likeness (QED) is 0.819. The van der Waals surface area contributed by atoms with E-state index >= 15 is 0 Å². The first kappa shape index (κ1) is 11.1. The molecule has 0 saturated carbocycles. The Morgan fingerprint density at radius 2 is 2.44 bits per heavy atom. The van der Waals surface area contributed by atoms with E-state index in [9.17, 15) is 4.79 Å². The molecule has 0 amide bonds. The van der Waals surface area contributed by atoms with Crippen LogP contribution < -0.4 is 0 Å². The molecule has 0 aromatic carbocycles. The molecule has 0 bridgehead atoms. The summed E-state index contributed by atoms with van der Waals surface area (Å²) in [5, 5.41) is 12.1. The number of hydrogen-bond donors (Lipinski definition) is 1. The zero-order valence-electron chi connectivity index (χ0n) is 9.22. The van der Waals surface area contributed by atoms with E-state index in [0.717, 1.165) is 13.0 Å². The van der Waals surface area contributed by atoms with Crippen molar-refractivity contribution in [3.63, 3.8) is 0 Å². The Hall–Kier alpha value is -1.43. The van der Waals surface area contributed by atoms with Gasteiger partial charge in [-0.25, -0.2) is 4.79 Å². The molecule has 0 spiro atoms. The topological polar surface area (TPSA) is 79.5 Å². The molecule has 0 radical (unpaired) electrons. The number of aromatic nitrogens is 2. The van der Waals surface area contributed by atoms with Crippen LogP contribution in [0.3, 0.4) is 0 Å². The summed E-state index contributed by atoms with van der Waals surface area (Å²) in [7, 11) is 2.07. The Morgan fingerprint density at radius 1 is 1.62 bits per heavy atom. The average Bonchev–Trinajstić information content (AvgIpc) is 2.70. The number of rotatable bonds is 3. The maximum absolute atomic E-state index is 10.6. The summed E-state index contributed by atoms with van der Waals surface area (Å²) in [6.45, 7) is 1.07. The first-order valence-electron chi connectivity index (χ1n) is 5.43. The van der Waals surface area contributed by atoms with Crippen LogP contribution in [0, 0.1) is 0 Å². The van der Waals surface area contributed by atoms with Crippen molar-refractivity contribution < 1.29 is 14.4 Å². The molecule has 1 aromatic heterocycles. The third-order valence-electron chi connectivity index (χ3n) is 2.99. The number of likely N-dealkylation sites (N-methyl/N-ethyl adjacent to an activating group) is 1. The summed E-state index contributed by atoms with van der Waals surface area (Å²) in [6.07, 6.45) is 4.16. The highest BCUT2D eigenvalue weighted by molar-refractivity contribution is 5.82. The van der Waals surface area contributed by atoms with Crippen LogP contribution in [0.4, 0.5) is 0 Å². The van der Waals surface area contributed by atoms with Gasteiger partial charge in [0.25, 0.3) is 5.82 Å². The van der Waals surface area contributed by atoms with Crippen molar-refractivity contribution in [2.45, 2.75) is 31.7 Å². The summed E-state index contributed by atoms with van der Waals surface area (Å²) in [6, 6.07) is 0.385.